The number of halogens is 4. The fourth-order valence-corrected chi connectivity index (χ4v) is 5.90. The summed E-state index contributed by atoms with van der Waals surface area (Å²) in [7, 11) is 0. The molecule has 2 aromatic carbocycles. The van der Waals surface area contributed by atoms with Gasteiger partial charge >= 0.3 is 12.3 Å². The second-order valence-electron chi connectivity index (χ2n) is 10.6. The van der Waals surface area contributed by atoms with Gasteiger partial charge in [0.2, 0.25) is 23.3 Å². The van der Waals surface area contributed by atoms with E-state index >= 15 is 0 Å². The van der Waals surface area contributed by atoms with Gasteiger partial charge < -0.3 is 15.4 Å². The van der Waals surface area contributed by atoms with Crippen LogP contribution in [0.25, 0.3) is 0 Å². The molecule has 4 atom stereocenters. The first kappa shape index (κ1) is 29.0. The molecule has 5 amide bonds. The van der Waals surface area contributed by atoms with Crippen LogP contribution in [0.1, 0.15) is 55.2 Å². The lowest BCUT2D eigenvalue weighted by Gasteiger charge is -2.32. The average molecular weight is 591 g/mol. The SMILES string of the molecule is C[C@H](N(Cc1ccc(F)cc1)C(=O)CC1C[C@@]2(OC(=O)NC2=O)c2ccc(N3C(=O)CC[C@@H]3C(N)=O)cc21)C(F)(F)F. The van der Waals surface area contributed by atoms with Crippen molar-refractivity contribution in [2.24, 2.45) is 5.73 Å². The Labute approximate surface area is 236 Å². The Bertz CT molecular complexity index is 1480. The monoisotopic (exact) mass is 590 g/mol. The van der Waals surface area contributed by atoms with Gasteiger partial charge in [-0.15, -0.1) is 0 Å². The number of ether oxygens (including phenoxy) is 1. The van der Waals surface area contributed by atoms with Gasteiger partial charge in [-0.1, -0.05) is 18.2 Å². The molecule has 2 heterocycles. The highest BCUT2D eigenvalue weighted by Gasteiger charge is 2.58. The lowest BCUT2D eigenvalue weighted by Crippen LogP contribution is -2.46. The van der Waals surface area contributed by atoms with E-state index in [0.717, 1.165) is 19.1 Å². The Balaban J connectivity index is 1.52. The van der Waals surface area contributed by atoms with Crippen LogP contribution in [0, 0.1) is 5.82 Å². The summed E-state index contributed by atoms with van der Waals surface area (Å²) < 4.78 is 60.3. The van der Waals surface area contributed by atoms with E-state index in [1.165, 1.54) is 35.2 Å². The predicted molar refractivity (Wildman–Crippen MR) is 137 cm³/mol. The number of alkyl halides is 3. The number of carbonyl (C=O) groups is 5. The first-order valence-corrected chi connectivity index (χ1v) is 13.1. The maximum atomic E-state index is 13.8. The Morgan fingerprint density at radius 2 is 1.86 bits per heavy atom. The third-order valence-electron chi connectivity index (χ3n) is 8.06. The molecular formula is C28H26F4N4O6. The van der Waals surface area contributed by atoms with Gasteiger partial charge in [-0.05, 0) is 54.7 Å². The molecule has 2 saturated heterocycles. The minimum atomic E-state index is -4.78. The number of nitrogens with one attached hydrogen (secondary N) is 1. The van der Waals surface area contributed by atoms with Gasteiger partial charge in [0.05, 0.1) is 0 Å². The number of hydrogen-bond acceptors (Lipinski definition) is 6. The van der Waals surface area contributed by atoms with Crippen LogP contribution >= 0.6 is 0 Å². The molecule has 2 aliphatic heterocycles. The molecule has 3 aliphatic rings. The zero-order chi connectivity index (χ0) is 30.6. The molecular weight excluding hydrogens is 564 g/mol. The molecule has 0 aromatic heterocycles. The molecule has 0 saturated carbocycles. The Hall–Kier alpha value is -4.49. The third kappa shape index (κ3) is 5.05. The molecule has 1 spiro atoms. The van der Waals surface area contributed by atoms with Gasteiger partial charge in [-0.3, -0.25) is 29.4 Å². The number of amides is 5. The summed E-state index contributed by atoms with van der Waals surface area (Å²) in [6.45, 7) is 0.362. The molecule has 5 rings (SSSR count). The molecule has 3 N–H and O–H groups in total. The summed E-state index contributed by atoms with van der Waals surface area (Å²) in [6.07, 6.45) is -6.31. The molecule has 1 aliphatic carbocycles. The van der Waals surface area contributed by atoms with E-state index in [4.69, 9.17) is 10.5 Å². The molecule has 0 radical (unpaired) electrons. The number of benzene rings is 2. The largest absolute Gasteiger partial charge is 0.427 e. The number of imide groups is 1. The third-order valence-corrected chi connectivity index (χ3v) is 8.06. The minimum absolute atomic E-state index is 0.0598. The minimum Gasteiger partial charge on any atom is -0.427 e. The van der Waals surface area contributed by atoms with Crippen LogP contribution in [0.3, 0.4) is 0 Å². The Kier molecular flexibility index (Phi) is 7.19. The second-order valence-corrected chi connectivity index (χ2v) is 10.6. The van der Waals surface area contributed by atoms with Gasteiger partial charge in [0.1, 0.15) is 17.9 Å². The zero-order valence-electron chi connectivity index (χ0n) is 22.2. The van der Waals surface area contributed by atoms with E-state index in [9.17, 15) is 41.5 Å². The van der Waals surface area contributed by atoms with Crippen molar-refractivity contribution in [1.29, 1.82) is 0 Å². The standard InChI is InChI=1S/C28H26F4N4O6/c1-14(28(30,31)32)35(13-15-2-4-17(29)5-3-15)23(38)10-16-12-27(25(40)34-26(41)42-27)20-7-6-18(11-19(16)20)36-21(24(33)39)8-9-22(36)37/h2-7,11,14,16,21H,8-10,12-13H2,1H3,(H2,33,39)(H,34,40,41)/t14-,16?,21+,27+/m0/s1. The van der Waals surface area contributed by atoms with Crippen molar-refractivity contribution < 1.29 is 46.3 Å². The lowest BCUT2D eigenvalue weighted by atomic mass is 9.94. The van der Waals surface area contributed by atoms with Gasteiger partial charge in [0.15, 0.2) is 0 Å². The van der Waals surface area contributed by atoms with Crippen LogP contribution < -0.4 is 16.0 Å². The normalized spacial score (nSPS) is 24.0. The van der Waals surface area contributed by atoms with Crippen LogP contribution in [-0.4, -0.2) is 52.9 Å². The summed E-state index contributed by atoms with van der Waals surface area (Å²) in [4.78, 5) is 65.0. The summed E-state index contributed by atoms with van der Waals surface area (Å²) >= 11 is 0. The van der Waals surface area contributed by atoms with E-state index in [-0.39, 0.29) is 42.0 Å². The van der Waals surface area contributed by atoms with Crippen molar-refractivity contribution in [3.8, 4) is 0 Å². The highest BCUT2D eigenvalue weighted by atomic mass is 19.4. The fraction of sp³-hybridized carbons (Fsp3) is 0.393. The highest BCUT2D eigenvalue weighted by molar-refractivity contribution is 6.05. The van der Waals surface area contributed by atoms with Crippen LogP contribution in [0.4, 0.5) is 28.0 Å². The van der Waals surface area contributed by atoms with Gasteiger partial charge in [-0.25, -0.2) is 9.18 Å². The molecule has 2 fully saturated rings. The van der Waals surface area contributed by atoms with Gasteiger partial charge in [0.25, 0.3) is 5.91 Å². The predicted octanol–water partition coefficient (Wildman–Crippen LogP) is 3.13. The molecule has 0 bridgehead atoms. The summed E-state index contributed by atoms with van der Waals surface area (Å²) in [5, 5.41) is 2.06. The summed E-state index contributed by atoms with van der Waals surface area (Å²) in [6, 6.07) is 5.91. The van der Waals surface area contributed by atoms with Crippen LogP contribution in [0.15, 0.2) is 42.5 Å². The number of carbonyl (C=O) groups excluding carboxylic acids is 5. The van der Waals surface area contributed by atoms with Gasteiger partial charge in [0, 0.05) is 37.1 Å². The number of rotatable bonds is 7. The second kappa shape index (κ2) is 10.4. The molecule has 14 heteroatoms. The highest BCUT2D eigenvalue weighted by Crippen LogP contribution is 2.51. The number of hydrogen-bond donors (Lipinski definition) is 2. The van der Waals surface area contributed by atoms with Gasteiger partial charge in [-0.2, -0.15) is 13.2 Å². The Morgan fingerprint density at radius 1 is 1.17 bits per heavy atom. The van der Waals surface area contributed by atoms with Crippen molar-refractivity contribution in [2.75, 3.05) is 4.90 Å². The number of alkyl carbamates (subject to hydrolysis) is 1. The first-order chi connectivity index (χ1) is 19.7. The van der Waals surface area contributed by atoms with Crippen molar-refractivity contribution in [3.63, 3.8) is 0 Å². The molecule has 42 heavy (non-hydrogen) atoms. The van der Waals surface area contributed by atoms with Crippen LogP contribution in [0.5, 0.6) is 0 Å². The zero-order valence-corrected chi connectivity index (χ0v) is 22.2. The molecule has 222 valence electrons. The molecule has 2 aromatic rings. The smallest absolute Gasteiger partial charge is 0.415 e. The number of primary amides is 1. The molecule has 10 nitrogen and oxygen atoms in total. The maximum absolute atomic E-state index is 13.8. The van der Waals surface area contributed by atoms with Crippen molar-refractivity contribution in [2.45, 2.75) is 68.9 Å². The summed E-state index contributed by atoms with van der Waals surface area (Å²) in [5.41, 5.74) is 4.67. The maximum Gasteiger partial charge on any atom is 0.415 e. The van der Waals surface area contributed by atoms with E-state index in [1.807, 2.05) is 0 Å². The van der Waals surface area contributed by atoms with E-state index < -0.39 is 72.4 Å². The molecule has 1 unspecified atom stereocenters. The van der Waals surface area contributed by atoms with E-state index in [0.29, 0.717) is 10.5 Å². The van der Waals surface area contributed by atoms with Crippen molar-refractivity contribution in [1.82, 2.24) is 10.2 Å². The first-order valence-electron chi connectivity index (χ1n) is 13.1. The van der Waals surface area contributed by atoms with E-state index in [2.05, 4.69) is 5.32 Å². The summed E-state index contributed by atoms with van der Waals surface area (Å²) in [5.74, 6) is -4.33. The van der Waals surface area contributed by atoms with Crippen molar-refractivity contribution >= 4 is 35.4 Å². The topological polar surface area (TPSA) is 139 Å². The fourth-order valence-electron chi connectivity index (χ4n) is 5.90. The van der Waals surface area contributed by atoms with E-state index in [1.54, 1.807) is 0 Å². The number of anilines is 1. The van der Waals surface area contributed by atoms with Crippen LogP contribution in [0.2, 0.25) is 0 Å². The van der Waals surface area contributed by atoms with Crippen LogP contribution in [-0.2, 0) is 36.1 Å². The van der Waals surface area contributed by atoms with Crippen molar-refractivity contribution in [3.05, 3.63) is 65.0 Å². The number of nitrogens with two attached hydrogens (primary N) is 1. The average Bonchev–Trinajstić information content (AvgIpc) is 3.54. The Morgan fingerprint density at radius 3 is 2.45 bits per heavy atom. The number of fused-ring (bicyclic) bond motifs is 2. The number of nitrogens with zero attached hydrogens (tertiary/aromatic N) is 2. The lowest BCUT2D eigenvalue weighted by molar-refractivity contribution is -0.187. The quantitative estimate of drug-likeness (QED) is 0.475.